The van der Waals surface area contributed by atoms with Gasteiger partial charge in [-0.25, -0.2) is 4.39 Å². The molecular weight excluding hydrogens is 257 g/mol. The summed E-state index contributed by atoms with van der Waals surface area (Å²) in [6, 6.07) is 4.45. The van der Waals surface area contributed by atoms with E-state index in [1.165, 1.54) is 12.1 Å². The van der Waals surface area contributed by atoms with Gasteiger partial charge in [0.05, 0.1) is 11.6 Å². The number of rotatable bonds is 6. The van der Waals surface area contributed by atoms with Gasteiger partial charge in [0.2, 0.25) is 0 Å². The second-order valence-corrected chi connectivity index (χ2v) is 5.11. The summed E-state index contributed by atoms with van der Waals surface area (Å²) in [5.41, 5.74) is 0.809. The normalized spacial score (nSPS) is 11.2. The Morgan fingerprint density at radius 1 is 1.50 bits per heavy atom. The van der Waals surface area contributed by atoms with Crippen LogP contribution in [0.25, 0.3) is 0 Å². The summed E-state index contributed by atoms with van der Waals surface area (Å²) in [6.45, 7) is 5.12. The summed E-state index contributed by atoms with van der Waals surface area (Å²) in [7, 11) is 0. The van der Waals surface area contributed by atoms with E-state index in [0.717, 1.165) is 5.56 Å². The van der Waals surface area contributed by atoms with Crippen molar-refractivity contribution in [1.29, 1.82) is 0 Å². The molecule has 0 fully saturated rings. The lowest BCUT2D eigenvalue weighted by Gasteiger charge is -2.22. The monoisotopic (exact) mass is 273 g/mol. The first-order valence-corrected chi connectivity index (χ1v) is 6.14. The summed E-state index contributed by atoms with van der Waals surface area (Å²) in [6.07, 6.45) is 0. The molecule has 1 N–H and O–H groups in total. The topological polar surface area (TPSA) is 40.5 Å². The zero-order chi connectivity index (χ0) is 13.7. The molecule has 0 aliphatic rings. The van der Waals surface area contributed by atoms with E-state index in [2.05, 4.69) is 0 Å². The zero-order valence-corrected chi connectivity index (χ0v) is 11.2. The summed E-state index contributed by atoms with van der Waals surface area (Å²) in [5, 5.41) is 8.91. The van der Waals surface area contributed by atoms with Crippen LogP contribution in [0.3, 0.4) is 0 Å². The molecule has 0 radical (unpaired) electrons. The third-order valence-electron chi connectivity index (χ3n) is 2.37. The quantitative estimate of drug-likeness (QED) is 0.866. The Bertz CT molecular complexity index is 423. The summed E-state index contributed by atoms with van der Waals surface area (Å²) < 4.78 is 13.0. The molecule has 0 heterocycles. The predicted molar refractivity (Wildman–Crippen MR) is 69.2 cm³/mol. The van der Waals surface area contributed by atoms with Crippen molar-refractivity contribution in [1.82, 2.24) is 4.90 Å². The molecule has 0 saturated carbocycles. The van der Waals surface area contributed by atoms with Crippen LogP contribution >= 0.6 is 11.6 Å². The third-order valence-corrected chi connectivity index (χ3v) is 2.66. The minimum absolute atomic E-state index is 0.0345. The highest BCUT2D eigenvalue weighted by Gasteiger charge is 2.12. The average Bonchev–Trinajstić information content (AvgIpc) is 2.21. The number of hydrogen-bond acceptors (Lipinski definition) is 2. The van der Waals surface area contributed by atoms with E-state index in [1.54, 1.807) is 11.0 Å². The van der Waals surface area contributed by atoms with Crippen molar-refractivity contribution in [2.45, 2.75) is 20.4 Å². The van der Waals surface area contributed by atoms with E-state index in [1.807, 2.05) is 13.8 Å². The lowest BCUT2D eigenvalue weighted by molar-refractivity contribution is -0.138. The maximum atomic E-state index is 13.0. The Morgan fingerprint density at radius 3 is 2.67 bits per heavy atom. The average molecular weight is 274 g/mol. The first-order chi connectivity index (χ1) is 8.38. The van der Waals surface area contributed by atoms with Crippen molar-refractivity contribution in [2.24, 2.45) is 5.92 Å². The van der Waals surface area contributed by atoms with Gasteiger partial charge >= 0.3 is 5.97 Å². The predicted octanol–water partition coefficient (Wildman–Crippen LogP) is 3.02. The molecule has 0 aromatic heterocycles. The van der Waals surface area contributed by atoms with Crippen LogP contribution < -0.4 is 0 Å². The molecule has 1 rings (SSSR count). The number of nitrogens with zero attached hydrogens (tertiary/aromatic N) is 1. The van der Waals surface area contributed by atoms with Crippen molar-refractivity contribution in [3.8, 4) is 0 Å². The Balaban J connectivity index is 2.74. The molecule has 3 nitrogen and oxygen atoms in total. The van der Waals surface area contributed by atoms with Crippen LogP contribution in [0.4, 0.5) is 4.39 Å². The van der Waals surface area contributed by atoms with Crippen LogP contribution in [0.15, 0.2) is 18.2 Å². The fourth-order valence-electron chi connectivity index (χ4n) is 1.79. The number of hydrogen-bond donors (Lipinski definition) is 1. The highest BCUT2D eigenvalue weighted by Crippen LogP contribution is 2.17. The molecule has 5 heteroatoms. The minimum Gasteiger partial charge on any atom is -0.480 e. The smallest absolute Gasteiger partial charge is 0.317 e. The van der Waals surface area contributed by atoms with Gasteiger partial charge in [-0.3, -0.25) is 9.69 Å². The van der Waals surface area contributed by atoms with Gasteiger partial charge in [-0.05, 0) is 23.6 Å². The standard InChI is InChI=1S/C13H17ClFNO2/c1-9(2)6-16(8-13(17)18)7-10-3-4-12(15)11(14)5-10/h3-5,9H,6-8H2,1-2H3,(H,17,18). The van der Waals surface area contributed by atoms with Crippen molar-refractivity contribution in [2.75, 3.05) is 13.1 Å². The summed E-state index contributed by atoms with van der Waals surface area (Å²) in [5.74, 6) is -0.974. The van der Waals surface area contributed by atoms with Gasteiger partial charge in [0.25, 0.3) is 0 Å². The van der Waals surface area contributed by atoms with Crippen LogP contribution in [-0.4, -0.2) is 29.1 Å². The fourth-order valence-corrected chi connectivity index (χ4v) is 1.99. The van der Waals surface area contributed by atoms with E-state index >= 15 is 0 Å². The summed E-state index contributed by atoms with van der Waals surface area (Å²) >= 11 is 5.70. The number of aliphatic carboxylic acids is 1. The van der Waals surface area contributed by atoms with Crippen LogP contribution in [0.1, 0.15) is 19.4 Å². The van der Waals surface area contributed by atoms with Crippen LogP contribution in [0.5, 0.6) is 0 Å². The van der Waals surface area contributed by atoms with E-state index in [-0.39, 0.29) is 11.6 Å². The van der Waals surface area contributed by atoms with Gasteiger partial charge < -0.3 is 5.11 Å². The van der Waals surface area contributed by atoms with Crippen molar-refractivity contribution in [3.05, 3.63) is 34.6 Å². The second-order valence-electron chi connectivity index (χ2n) is 4.71. The molecule has 0 aliphatic carbocycles. The van der Waals surface area contributed by atoms with Crippen LogP contribution in [0.2, 0.25) is 5.02 Å². The molecule has 1 aromatic carbocycles. The van der Waals surface area contributed by atoms with E-state index in [4.69, 9.17) is 16.7 Å². The number of benzene rings is 1. The van der Waals surface area contributed by atoms with E-state index in [0.29, 0.717) is 19.0 Å². The lowest BCUT2D eigenvalue weighted by Crippen LogP contribution is -2.32. The van der Waals surface area contributed by atoms with Crippen LogP contribution in [-0.2, 0) is 11.3 Å². The second kappa shape index (κ2) is 6.71. The maximum Gasteiger partial charge on any atom is 0.317 e. The van der Waals surface area contributed by atoms with Crippen molar-refractivity contribution < 1.29 is 14.3 Å². The molecular formula is C13H17ClFNO2. The third kappa shape index (κ3) is 5.02. The molecule has 18 heavy (non-hydrogen) atoms. The molecule has 0 unspecified atom stereocenters. The van der Waals surface area contributed by atoms with Crippen molar-refractivity contribution >= 4 is 17.6 Å². The molecule has 0 saturated heterocycles. The molecule has 0 bridgehead atoms. The number of carboxylic acid groups (broad SMARTS) is 1. The molecule has 0 atom stereocenters. The number of carbonyl (C=O) groups is 1. The molecule has 0 aliphatic heterocycles. The van der Waals surface area contributed by atoms with Crippen LogP contribution in [0, 0.1) is 11.7 Å². The number of carboxylic acids is 1. The van der Waals surface area contributed by atoms with Gasteiger partial charge in [-0.1, -0.05) is 31.5 Å². The zero-order valence-electron chi connectivity index (χ0n) is 10.5. The highest BCUT2D eigenvalue weighted by atomic mass is 35.5. The van der Waals surface area contributed by atoms with Gasteiger partial charge in [-0.15, -0.1) is 0 Å². The van der Waals surface area contributed by atoms with E-state index in [9.17, 15) is 9.18 Å². The first kappa shape index (κ1) is 14.9. The largest absolute Gasteiger partial charge is 0.480 e. The maximum absolute atomic E-state index is 13.0. The van der Waals surface area contributed by atoms with Gasteiger partial charge in [0, 0.05) is 13.1 Å². The van der Waals surface area contributed by atoms with Gasteiger partial charge in [0.15, 0.2) is 0 Å². The molecule has 1 aromatic rings. The Kier molecular flexibility index (Phi) is 5.56. The van der Waals surface area contributed by atoms with Gasteiger partial charge in [-0.2, -0.15) is 0 Å². The Hall–Kier alpha value is -1.13. The lowest BCUT2D eigenvalue weighted by atomic mass is 10.1. The SMILES string of the molecule is CC(C)CN(CC(=O)O)Cc1ccc(F)c(Cl)c1. The van der Waals surface area contributed by atoms with E-state index < -0.39 is 11.8 Å². The minimum atomic E-state index is -0.871. The summed E-state index contributed by atoms with van der Waals surface area (Å²) in [4.78, 5) is 12.6. The first-order valence-electron chi connectivity index (χ1n) is 5.76. The Morgan fingerprint density at radius 2 is 2.17 bits per heavy atom. The highest BCUT2D eigenvalue weighted by molar-refractivity contribution is 6.30. The molecule has 0 amide bonds. The van der Waals surface area contributed by atoms with Gasteiger partial charge in [0.1, 0.15) is 5.82 Å². The molecule has 100 valence electrons. The van der Waals surface area contributed by atoms with Crippen molar-refractivity contribution in [3.63, 3.8) is 0 Å². The molecule has 0 spiro atoms. The number of halogens is 2. The Labute approximate surface area is 111 Å². The fraction of sp³-hybridized carbons (Fsp3) is 0.462.